The van der Waals surface area contributed by atoms with E-state index in [1.54, 1.807) is 24.0 Å². The minimum Gasteiger partial charge on any atom is -0.492 e. The van der Waals surface area contributed by atoms with Crippen molar-refractivity contribution in [1.29, 1.82) is 0 Å². The molecular weight excluding hydrogens is 458 g/mol. The predicted molar refractivity (Wildman–Crippen MR) is 141 cm³/mol. The largest absolute Gasteiger partial charge is 0.492 e. The maximum atomic E-state index is 12.9. The average Bonchev–Trinajstić information content (AvgIpc) is 2.83. The number of rotatable bonds is 15. The van der Waals surface area contributed by atoms with E-state index in [2.05, 4.69) is 27.7 Å². The molecular formula is C29H41NO6. The Hall–Kier alpha value is -3.06. The van der Waals surface area contributed by atoms with Gasteiger partial charge < -0.3 is 24.2 Å². The zero-order valence-electron chi connectivity index (χ0n) is 22.2. The Morgan fingerprint density at radius 2 is 1.56 bits per heavy atom. The van der Waals surface area contributed by atoms with Crippen LogP contribution in [0.4, 0.5) is 4.79 Å². The smallest absolute Gasteiger partial charge is 0.415 e. The second-order valence-corrected chi connectivity index (χ2v) is 9.59. The molecule has 1 N–H and O–H groups in total. The highest BCUT2D eigenvalue weighted by atomic mass is 16.6. The molecule has 7 heteroatoms. The Labute approximate surface area is 215 Å². The Morgan fingerprint density at radius 3 is 2.11 bits per heavy atom. The molecule has 0 aliphatic carbocycles. The highest BCUT2D eigenvalue weighted by Gasteiger charge is 2.18. The zero-order chi connectivity index (χ0) is 26.5. The third kappa shape index (κ3) is 10.3. The van der Waals surface area contributed by atoms with Crippen LogP contribution in [0, 0.1) is 5.92 Å². The summed E-state index contributed by atoms with van der Waals surface area (Å²) in [6, 6.07) is 14.9. The lowest BCUT2D eigenvalue weighted by atomic mass is 10.0. The molecule has 198 valence electrons. The van der Waals surface area contributed by atoms with Gasteiger partial charge in [-0.15, -0.1) is 0 Å². The van der Waals surface area contributed by atoms with Crippen LogP contribution in [0.5, 0.6) is 11.5 Å². The molecule has 0 spiro atoms. The number of hydrogen-bond acceptors (Lipinski definition) is 5. The fraction of sp³-hybridized carbons (Fsp3) is 0.517. The van der Waals surface area contributed by atoms with E-state index in [4.69, 9.17) is 14.2 Å². The first-order valence-electron chi connectivity index (χ1n) is 12.8. The molecule has 1 atom stereocenters. The highest BCUT2D eigenvalue weighted by Crippen LogP contribution is 2.20. The zero-order valence-corrected chi connectivity index (χ0v) is 22.2. The van der Waals surface area contributed by atoms with Crippen LogP contribution >= 0.6 is 0 Å². The van der Waals surface area contributed by atoms with E-state index in [0.717, 1.165) is 18.4 Å². The average molecular weight is 500 g/mol. The summed E-state index contributed by atoms with van der Waals surface area (Å²) in [5, 5.41) is 9.26. The van der Waals surface area contributed by atoms with E-state index in [1.165, 1.54) is 5.56 Å². The van der Waals surface area contributed by atoms with Gasteiger partial charge in [-0.1, -0.05) is 52.0 Å². The molecule has 0 saturated heterocycles. The third-order valence-electron chi connectivity index (χ3n) is 5.84. The van der Waals surface area contributed by atoms with Gasteiger partial charge >= 0.3 is 12.1 Å². The first-order valence-corrected chi connectivity index (χ1v) is 12.8. The van der Waals surface area contributed by atoms with Gasteiger partial charge in [-0.3, -0.25) is 0 Å². The van der Waals surface area contributed by atoms with Crippen molar-refractivity contribution in [2.24, 2.45) is 5.92 Å². The molecule has 0 aliphatic heterocycles. The minimum atomic E-state index is -0.975. The normalized spacial score (nSPS) is 12.0. The van der Waals surface area contributed by atoms with Gasteiger partial charge in [0.2, 0.25) is 0 Å². The summed E-state index contributed by atoms with van der Waals surface area (Å²) >= 11 is 0. The summed E-state index contributed by atoms with van der Waals surface area (Å²) in [6.07, 6.45) is 0.948. The molecule has 7 nitrogen and oxygen atoms in total. The summed E-state index contributed by atoms with van der Waals surface area (Å²) in [6.45, 7) is 12.0. The molecule has 1 amide bonds. The van der Waals surface area contributed by atoms with Gasteiger partial charge in [0, 0.05) is 19.6 Å². The van der Waals surface area contributed by atoms with Crippen molar-refractivity contribution in [2.45, 2.75) is 65.9 Å². The van der Waals surface area contributed by atoms with Crippen molar-refractivity contribution in [1.82, 2.24) is 4.90 Å². The van der Waals surface area contributed by atoms with Gasteiger partial charge in [-0.25, -0.2) is 9.59 Å². The van der Waals surface area contributed by atoms with Gasteiger partial charge in [0.15, 0.2) is 6.10 Å². The molecule has 0 saturated carbocycles. The number of nitrogens with zero attached hydrogens (tertiary/aromatic N) is 1. The van der Waals surface area contributed by atoms with Crippen molar-refractivity contribution in [3.63, 3.8) is 0 Å². The van der Waals surface area contributed by atoms with Crippen molar-refractivity contribution in [3.8, 4) is 11.5 Å². The van der Waals surface area contributed by atoms with Crippen LogP contribution in [0.1, 0.15) is 64.5 Å². The predicted octanol–water partition coefficient (Wildman–Crippen LogP) is 6.16. The summed E-state index contributed by atoms with van der Waals surface area (Å²) in [7, 11) is 0. The number of carboxylic acids is 1. The first-order chi connectivity index (χ1) is 17.2. The number of ether oxygens (including phenoxy) is 3. The van der Waals surface area contributed by atoms with Crippen LogP contribution in [-0.2, 0) is 16.0 Å². The van der Waals surface area contributed by atoms with Gasteiger partial charge in [-0.05, 0) is 67.0 Å². The Morgan fingerprint density at radius 1 is 0.917 bits per heavy atom. The molecule has 0 aromatic heterocycles. The van der Waals surface area contributed by atoms with Crippen molar-refractivity contribution < 1.29 is 28.9 Å². The maximum absolute atomic E-state index is 12.9. The van der Waals surface area contributed by atoms with E-state index in [9.17, 15) is 14.7 Å². The van der Waals surface area contributed by atoms with Crippen LogP contribution in [-0.4, -0.2) is 54.5 Å². The van der Waals surface area contributed by atoms with Crippen molar-refractivity contribution in [3.05, 3.63) is 59.7 Å². The van der Waals surface area contributed by atoms with E-state index in [1.807, 2.05) is 36.4 Å². The quantitative estimate of drug-likeness (QED) is 0.316. The standard InChI is InChI=1S/C29H41NO6/c1-6-34-27(28(31)32)20-23-9-13-25(14-10-23)35-19-18-30(17-7-8-21(2)3)29(33)36-26-15-11-24(12-16-26)22(4)5/h9-16,21-22,27H,6-8,17-20H2,1-5H3,(H,31,32). The van der Waals surface area contributed by atoms with E-state index < -0.39 is 12.1 Å². The Balaban J connectivity index is 1.93. The fourth-order valence-corrected chi connectivity index (χ4v) is 3.70. The number of aliphatic carboxylic acids is 1. The van der Waals surface area contributed by atoms with Crippen LogP contribution in [0.2, 0.25) is 0 Å². The third-order valence-corrected chi connectivity index (χ3v) is 5.84. The summed E-state index contributed by atoms with van der Waals surface area (Å²) < 4.78 is 16.8. The topological polar surface area (TPSA) is 85.3 Å². The van der Waals surface area contributed by atoms with Crippen molar-refractivity contribution >= 4 is 12.1 Å². The van der Waals surface area contributed by atoms with Crippen LogP contribution < -0.4 is 9.47 Å². The SMILES string of the molecule is CCOC(Cc1ccc(OCCN(CCCC(C)C)C(=O)Oc2ccc(C(C)C)cc2)cc1)C(=O)O. The van der Waals surface area contributed by atoms with E-state index in [0.29, 0.717) is 49.6 Å². The van der Waals surface area contributed by atoms with Gasteiger partial charge in [0.05, 0.1) is 6.54 Å². The first kappa shape index (κ1) is 29.2. The molecule has 0 radical (unpaired) electrons. The summed E-state index contributed by atoms with van der Waals surface area (Å²) in [4.78, 5) is 25.9. The van der Waals surface area contributed by atoms with Gasteiger partial charge in [-0.2, -0.15) is 0 Å². The second-order valence-electron chi connectivity index (χ2n) is 9.59. The lowest BCUT2D eigenvalue weighted by molar-refractivity contribution is -0.149. The Bertz CT molecular complexity index is 924. The van der Waals surface area contributed by atoms with Gasteiger partial charge in [0.1, 0.15) is 18.1 Å². The van der Waals surface area contributed by atoms with Crippen LogP contribution in [0.3, 0.4) is 0 Å². The molecule has 0 fully saturated rings. The molecule has 0 aliphatic rings. The molecule has 0 heterocycles. The number of carbonyl (C=O) groups is 2. The van der Waals surface area contributed by atoms with E-state index >= 15 is 0 Å². The lowest BCUT2D eigenvalue weighted by Gasteiger charge is -2.23. The number of hydrogen-bond donors (Lipinski definition) is 1. The molecule has 1 unspecified atom stereocenters. The Kier molecular flexibility index (Phi) is 12.3. The maximum Gasteiger partial charge on any atom is 0.415 e. The lowest BCUT2D eigenvalue weighted by Crippen LogP contribution is -2.37. The molecule has 36 heavy (non-hydrogen) atoms. The number of benzene rings is 2. The van der Waals surface area contributed by atoms with Gasteiger partial charge in [0.25, 0.3) is 0 Å². The molecule has 2 aromatic carbocycles. The highest BCUT2D eigenvalue weighted by molar-refractivity contribution is 5.72. The van der Waals surface area contributed by atoms with E-state index in [-0.39, 0.29) is 12.5 Å². The van der Waals surface area contributed by atoms with Crippen LogP contribution in [0.15, 0.2) is 48.5 Å². The molecule has 0 bridgehead atoms. The number of amides is 1. The fourth-order valence-electron chi connectivity index (χ4n) is 3.70. The summed E-state index contributed by atoms with van der Waals surface area (Å²) in [5.74, 6) is 1.18. The number of carbonyl (C=O) groups excluding carboxylic acids is 1. The minimum absolute atomic E-state index is 0.289. The monoisotopic (exact) mass is 499 g/mol. The molecule has 2 aromatic rings. The number of carboxylic acid groups (broad SMARTS) is 1. The van der Waals surface area contributed by atoms with Crippen molar-refractivity contribution in [2.75, 3.05) is 26.3 Å². The van der Waals surface area contributed by atoms with Crippen LogP contribution in [0.25, 0.3) is 0 Å². The second kappa shape index (κ2) is 15.1. The molecule has 2 rings (SSSR count). The summed E-state index contributed by atoms with van der Waals surface area (Å²) in [5.41, 5.74) is 2.05.